The number of urea groups is 1. The molecule has 0 fully saturated rings. The van der Waals surface area contributed by atoms with Gasteiger partial charge < -0.3 is 5.32 Å². The van der Waals surface area contributed by atoms with Gasteiger partial charge in [-0.3, -0.25) is 10.9 Å². The van der Waals surface area contributed by atoms with E-state index in [0.717, 1.165) is 10.2 Å². The second kappa shape index (κ2) is 6.08. The number of rotatable bonds is 4. The van der Waals surface area contributed by atoms with Gasteiger partial charge in [0, 0.05) is 11.0 Å². The summed E-state index contributed by atoms with van der Waals surface area (Å²) in [4.78, 5) is 11.1. The first-order chi connectivity index (χ1) is 7.22. The van der Waals surface area contributed by atoms with Crippen LogP contribution in [0.2, 0.25) is 0 Å². The van der Waals surface area contributed by atoms with Crippen LogP contribution < -0.4 is 16.2 Å². The highest BCUT2D eigenvalue weighted by Crippen LogP contribution is 2.14. The second-order valence-corrected chi connectivity index (χ2v) is 3.67. The quantitative estimate of drug-likeness (QED) is 0.580. The van der Waals surface area contributed by atoms with E-state index in [-0.39, 0.29) is 6.03 Å². The maximum absolute atomic E-state index is 11.1. The molecule has 1 aromatic carbocycles. The number of nitrogens with one attached hydrogen (secondary N) is 3. The van der Waals surface area contributed by atoms with Gasteiger partial charge in [0.1, 0.15) is 0 Å². The molecular formula is C10H12BrN3O. The molecule has 15 heavy (non-hydrogen) atoms. The summed E-state index contributed by atoms with van der Waals surface area (Å²) in [6, 6.07) is 7.18. The monoisotopic (exact) mass is 269 g/mol. The Morgan fingerprint density at radius 3 is 3.00 bits per heavy atom. The maximum Gasteiger partial charge on any atom is 0.333 e. The first-order valence-corrected chi connectivity index (χ1v) is 5.18. The summed E-state index contributed by atoms with van der Waals surface area (Å²) in [6.07, 6.45) is 1.61. The molecule has 0 radical (unpaired) electrons. The fourth-order valence-electron chi connectivity index (χ4n) is 0.904. The predicted molar refractivity (Wildman–Crippen MR) is 64.5 cm³/mol. The van der Waals surface area contributed by atoms with Gasteiger partial charge in [0.2, 0.25) is 0 Å². The zero-order valence-corrected chi connectivity index (χ0v) is 9.67. The molecule has 0 atom stereocenters. The molecule has 4 nitrogen and oxygen atoms in total. The molecule has 0 aromatic heterocycles. The van der Waals surface area contributed by atoms with Crippen LogP contribution in [0.1, 0.15) is 0 Å². The Bertz CT molecular complexity index is 354. The number of benzene rings is 1. The summed E-state index contributed by atoms with van der Waals surface area (Å²) in [5.41, 5.74) is 6.06. The van der Waals surface area contributed by atoms with E-state index in [2.05, 4.69) is 38.7 Å². The Morgan fingerprint density at radius 1 is 1.53 bits per heavy atom. The molecule has 80 valence electrons. The average Bonchev–Trinajstić information content (AvgIpc) is 2.23. The van der Waals surface area contributed by atoms with Crippen LogP contribution in [-0.2, 0) is 0 Å². The fourth-order valence-corrected chi connectivity index (χ4v) is 1.30. The van der Waals surface area contributed by atoms with Gasteiger partial charge in [-0.05, 0) is 18.2 Å². The lowest BCUT2D eigenvalue weighted by atomic mass is 10.3. The van der Waals surface area contributed by atoms with Crippen molar-refractivity contribution in [2.45, 2.75) is 0 Å². The van der Waals surface area contributed by atoms with Crippen LogP contribution in [0.15, 0.2) is 41.4 Å². The molecule has 0 aliphatic heterocycles. The molecule has 0 unspecified atom stereocenters. The highest BCUT2D eigenvalue weighted by atomic mass is 79.9. The van der Waals surface area contributed by atoms with Crippen molar-refractivity contribution in [1.29, 1.82) is 0 Å². The third kappa shape index (κ3) is 4.51. The highest BCUT2D eigenvalue weighted by Gasteiger charge is 1.97. The van der Waals surface area contributed by atoms with Crippen LogP contribution in [0.5, 0.6) is 0 Å². The highest BCUT2D eigenvalue weighted by molar-refractivity contribution is 9.10. The smallest absolute Gasteiger partial charge is 0.333 e. The minimum Gasteiger partial charge on any atom is -0.333 e. The topological polar surface area (TPSA) is 53.2 Å². The minimum atomic E-state index is -0.296. The van der Waals surface area contributed by atoms with Gasteiger partial charge in [-0.1, -0.05) is 28.1 Å². The van der Waals surface area contributed by atoms with Crippen LogP contribution >= 0.6 is 15.9 Å². The van der Waals surface area contributed by atoms with E-state index in [0.29, 0.717) is 6.54 Å². The fraction of sp³-hybridized carbons (Fsp3) is 0.100. The van der Waals surface area contributed by atoms with Crippen molar-refractivity contribution in [3.05, 3.63) is 41.4 Å². The number of halogens is 1. The predicted octanol–water partition coefficient (Wildman–Crippen LogP) is 2.26. The Labute approximate surface area is 96.9 Å². The summed E-state index contributed by atoms with van der Waals surface area (Å²) in [6.45, 7) is 3.93. The standard InChI is InChI=1S/C10H12BrN3O/c1-2-6-12-10(15)14-13-9-5-3-4-8(11)7-9/h2-5,7,13H,1,6H2,(H2,12,14,15). The average molecular weight is 270 g/mol. The Morgan fingerprint density at radius 2 is 2.33 bits per heavy atom. The van der Waals surface area contributed by atoms with Crippen molar-refractivity contribution in [2.24, 2.45) is 0 Å². The van der Waals surface area contributed by atoms with Gasteiger partial charge in [-0.2, -0.15) is 0 Å². The van der Waals surface area contributed by atoms with E-state index >= 15 is 0 Å². The molecule has 0 heterocycles. The number of hydrogen-bond donors (Lipinski definition) is 3. The number of amides is 2. The van der Waals surface area contributed by atoms with Gasteiger partial charge in [0.25, 0.3) is 0 Å². The van der Waals surface area contributed by atoms with Gasteiger partial charge >= 0.3 is 6.03 Å². The first kappa shape index (κ1) is 11.6. The van der Waals surface area contributed by atoms with Crippen molar-refractivity contribution in [2.75, 3.05) is 12.0 Å². The van der Waals surface area contributed by atoms with E-state index in [1.165, 1.54) is 0 Å². The summed E-state index contributed by atoms with van der Waals surface area (Å²) in [5, 5.41) is 2.57. The molecule has 0 saturated heterocycles. The SMILES string of the molecule is C=CCNC(=O)NNc1cccc(Br)c1. The lowest BCUT2D eigenvalue weighted by Gasteiger charge is -2.08. The molecule has 5 heteroatoms. The zero-order chi connectivity index (χ0) is 11.1. The van der Waals surface area contributed by atoms with Crippen molar-refractivity contribution in [3.8, 4) is 0 Å². The molecule has 0 spiro atoms. The number of anilines is 1. The molecule has 0 aliphatic rings. The van der Waals surface area contributed by atoms with Gasteiger partial charge in [0.15, 0.2) is 0 Å². The normalized spacial score (nSPS) is 9.13. The molecular weight excluding hydrogens is 258 g/mol. The van der Waals surface area contributed by atoms with Crippen LogP contribution in [0.25, 0.3) is 0 Å². The summed E-state index contributed by atoms with van der Waals surface area (Å²) in [7, 11) is 0. The molecule has 0 saturated carbocycles. The largest absolute Gasteiger partial charge is 0.333 e. The summed E-state index contributed by atoms with van der Waals surface area (Å²) in [5.74, 6) is 0. The Kier molecular flexibility index (Phi) is 4.70. The Hall–Kier alpha value is -1.49. The van der Waals surface area contributed by atoms with E-state index < -0.39 is 0 Å². The lowest BCUT2D eigenvalue weighted by Crippen LogP contribution is -2.38. The van der Waals surface area contributed by atoms with Gasteiger partial charge in [-0.25, -0.2) is 4.79 Å². The van der Waals surface area contributed by atoms with Crippen LogP contribution in [0.3, 0.4) is 0 Å². The third-order valence-electron chi connectivity index (χ3n) is 1.55. The molecule has 0 bridgehead atoms. The maximum atomic E-state index is 11.1. The molecule has 1 aromatic rings. The van der Waals surface area contributed by atoms with Gasteiger partial charge in [-0.15, -0.1) is 6.58 Å². The van der Waals surface area contributed by atoms with E-state index in [1.807, 2.05) is 24.3 Å². The minimum absolute atomic E-state index is 0.296. The van der Waals surface area contributed by atoms with E-state index in [4.69, 9.17) is 0 Å². The van der Waals surface area contributed by atoms with Crippen LogP contribution in [0.4, 0.5) is 10.5 Å². The number of carbonyl (C=O) groups excluding carboxylic acids is 1. The van der Waals surface area contributed by atoms with Crippen LogP contribution in [0, 0.1) is 0 Å². The Balaban J connectivity index is 2.36. The lowest BCUT2D eigenvalue weighted by molar-refractivity contribution is 0.244. The number of hydrogen-bond acceptors (Lipinski definition) is 2. The van der Waals surface area contributed by atoms with Crippen molar-refractivity contribution in [3.63, 3.8) is 0 Å². The second-order valence-electron chi connectivity index (χ2n) is 2.76. The first-order valence-electron chi connectivity index (χ1n) is 4.38. The van der Waals surface area contributed by atoms with Crippen molar-refractivity contribution < 1.29 is 4.79 Å². The van der Waals surface area contributed by atoms with E-state index in [1.54, 1.807) is 6.08 Å². The molecule has 2 amide bonds. The molecule has 3 N–H and O–H groups in total. The summed E-state index contributed by atoms with van der Waals surface area (Å²) < 4.78 is 0.945. The van der Waals surface area contributed by atoms with Crippen LogP contribution in [-0.4, -0.2) is 12.6 Å². The zero-order valence-electron chi connectivity index (χ0n) is 8.09. The van der Waals surface area contributed by atoms with Gasteiger partial charge in [0.05, 0.1) is 5.69 Å². The third-order valence-corrected chi connectivity index (χ3v) is 2.05. The number of hydrazine groups is 1. The van der Waals surface area contributed by atoms with Crippen molar-refractivity contribution >= 4 is 27.6 Å². The van der Waals surface area contributed by atoms with E-state index in [9.17, 15) is 4.79 Å². The molecule has 0 aliphatic carbocycles. The number of carbonyl (C=O) groups is 1. The molecule has 1 rings (SSSR count). The summed E-state index contributed by atoms with van der Waals surface area (Å²) >= 11 is 3.33. The van der Waals surface area contributed by atoms with Crippen molar-refractivity contribution in [1.82, 2.24) is 10.7 Å².